The topological polar surface area (TPSA) is 99.1 Å². The number of carbonyl (C=O) groups excluding carboxylic acids is 3. The Morgan fingerprint density at radius 3 is 2.28 bits per heavy atom. The van der Waals surface area contributed by atoms with Gasteiger partial charge < -0.3 is 19.3 Å². The van der Waals surface area contributed by atoms with Gasteiger partial charge in [0.2, 0.25) is 0 Å². The molecule has 7 heteroatoms. The summed E-state index contributed by atoms with van der Waals surface area (Å²) in [7, 11) is 1.45. The molecule has 0 unspecified atom stereocenters. The summed E-state index contributed by atoms with van der Waals surface area (Å²) in [6, 6.07) is 0. The second kappa shape index (κ2) is 9.92. The maximum absolute atomic E-state index is 12.2. The van der Waals surface area contributed by atoms with Crippen LogP contribution in [0.3, 0.4) is 0 Å². The summed E-state index contributed by atoms with van der Waals surface area (Å²) in [6.45, 7) is 9.80. The number of methoxy groups -OCH3 is 1. The lowest BCUT2D eigenvalue weighted by Crippen LogP contribution is -2.67. The van der Waals surface area contributed by atoms with Crippen LogP contribution in [0.4, 0.5) is 0 Å². The van der Waals surface area contributed by atoms with Crippen LogP contribution in [0.2, 0.25) is 0 Å². The van der Waals surface area contributed by atoms with Crippen LogP contribution in [-0.4, -0.2) is 47.9 Å². The lowest BCUT2D eigenvalue weighted by Gasteiger charge is -2.65. The van der Waals surface area contributed by atoms with Crippen molar-refractivity contribution in [3.05, 3.63) is 0 Å². The Balaban J connectivity index is 1.61. The highest BCUT2D eigenvalue weighted by molar-refractivity contribution is 5.69. The lowest BCUT2D eigenvalue weighted by atomic mass is 9.42. The molecule has 204 valence electrons. The summed E-state index contributed by atoms with van der Waals surface area (Å²) < 4.78 is 16.4. The van der Waals surface area contributed by atoms with E-state index in [1.54, 1.807) is 0 Å². The molecule has 4 aliphatic carbocycles. The number of hydrogen-bond donors (Lipinski definition) is 1. The first-order valence-electron chi connectivity index (χ1n) is 14.0. The predicted octanol–water partition coefficient (Wildman–Crippen LogP) is 4.82. The number of ether oxygens (including phenoxy) is 3. The lowest BCUT2D eigenvalue weighted by molar-refractivity contribution is -0.255. The molecule has 4 rings (SSSR count). The monoisotopic (exact) mass is 506 g/mol. The van der Waals surface area contributed by atoms with Gasteiger partial charge in [0.25, 0.3) is 0 Å². The van der Waals surface area contributed by atoms with Gasteiger partial charge in [0, 0.05) is 39.0 Å². The number of hydrogen-bond acceptors (Lipinski definition) is 7. The molecule has 7 nitrogen and oxygen atoms in total. The summed E-state index contributed by atoms with van der Waals surface area (Å²) in [6.07, 6.45) is 7.29. The maximum Gasteiger partial charge on any atom is 0.305 e. The van der Waals surface area contributed by atoms with E-state index in [4.69, 9.17) is 14.2 Å². The van der Waals surface area contributed by atoms with Crippen molar-refractivity contribution in [1.29, 1.82) is 0 Å². The van der Waals surface area contributed by atoms with Crippen LogP contribution >= 0.6 is 0 Å². The van der Waals surface area contributed by atoms with E-state index in [1.165, 1.54) is 21.0 Å². The Morgan fingerprint density at radius 2 is 1.64 bits per heavy atom. The second-order valence-electron chi connectivity index (χ2n) is 12.9. The average molecular weight is 507 g/mol. The average Bonchev–Trinajstić information content (AvgIpc) is 3.14. The zero-order valence-corrected chi connectivity index (χ0v) is 23.0. The van der Waals surface area contributed by atoms with Crippen LogP contribution in [-0.2, 0) is 28.6 Å². The fourth-order valence-electron chi connectivity index (χ4n) is 9.47. The molecule has 0 bridgehead atoms. The summed E-state index contributed by atoms with van der Waals surface area (Å²) in [5.41, 5.74) is -1.22. The van der Waals surface area contributed by atoms with E-state index >= 15 is 0 Å². The zero-order valence-electron chi connectivity index (χ0n) is 23.0. The molecule has 0 radical (unpaired) electrons. The normalized spacial score (nSPS) is 44.4. The van der Waals surface area contributed by atoms with Gasteiger partial charge in [-0.3, -0.25) is 14.4 Å². The molecule has 0 saturated heterocycles. The van der Waals surface area contributed by atoms with Gasteiger partial charge in [-0.25, -0.2) is 0 Å². The molecular formula is C29H46O7. The van der Waals surface area contributed by atoms with Crippen molar-refractivity contribution in [3.63, 3.8) is 0 Å². The molecule has 0 aromatic heterocycles. The smallest absolute Gasteiger partial charge is 0.305 e. The predicted molar refractivity (Wildman–Crippen MR) is 134 cm³/mol. The minimum atomic E-state index is -1.04. The van der Waals surface area contributed by atoms with Crippen molar-refractivity contribution in [1.82, 2.24) is 0 Å². The molecule has 4 aliphatic rings. The van der Waals surface area contributed by atoms with Crippen molar-refractivity contribution >= 4 is 17.9 Å². The highest BCUT2D eigenvalue weighted by Gasteiger charge is 2.68. The first-order valence-corrected chi connectivity index (χ1v) is 14.0. The van der Waals surface area contributed by atoms with E-state index in [2.05, 4.69) is 20.8 Å². The Morgan fingerprint density at radius 1 is 0.944 bits per heavy atom. The molecule has 0 aliphatic heterocycles. The minimum Gasteiger partial charge on any atom is -0.469 e. The molecule has 0 spiro atoms. The third-order valence-corrected chi connectivity index (χ3v) is 11.2. The van der Waals surface area contributed by atoms with Crippen molar-refractivity contribution in [3.8, 4) is 0 Å². The molecule has 1 N–H and O–H groups in total. The quantitative estimate of drug-likeness (QED) is 0.407. The van der Waals surface area contributed by atoms with Crippen LogP contribution < -0.4 is 0 Å². The fourth-order valence-corrected chi connectivity index (χ4v) is 9.47. The van der Waals surface area contributed by atoms with Crippen molar-refractivity contribution in [2.45, 2.75) is 117 Å². The second-order valence-corrected chi connectivity index (χ2v) is 12.9. The SMILES string of the molecule is COC(=O)CC[C@@H](C)[C@H]1CC[C@H]2[C@@H]3[C@H](OC(C)=O)C[C@@]4(O)C[C@H](OC(C)=O)CC[C@]4(C)[C@H]3CC[C@]12C. The number of carbonyl (C=O) groups is 3. The van der Waals surface area contributed by atoms with E-state index in [0.29, 0.717) is 37.0 Å². The summed E-state index contributed by atoms with van der Waals surface area (Å²) >= 11 is 0. The van der Waals surface area contributed by atoms with E-state index in [9.17, 15) is 19.5 Å². The van der Waals surface area contributed by atoms with Crippen LogP contribution in [0.15, 0.2) is 0 Å². The largest absolute Gasteiger partial charge is 0.469 e. The van der Waals surface area contributed by atoms with Crippen molar-refractivity contribution < 1.29 is 33.7 Å². The Labute approximate surface area is 216 Å². The Bertz CT molecular complexity index is 872. The molecule has 36 heavy (non-hydrogen) atoms. The number of fused-ring (bicyclic) bond motifs is 5. The first-order chi connectivity index (χ1) is 16.8. The van der Waals surface area contributed by atoms with Gasteiger partial charge in [0.1, 0.15) is 12.2 Å². The Hall–Kier alpha value is -1.63. The minimum absolute atomic E-state index is 0.121. The molecule has 0 heterocycles. The van der Waals surface area contributed by atoms with Gasteiger partial charge in [-0.2, -0.15) is 0 Å². The highest BCUT2D eigenvalue weighted by Crippen LogP contribution is 2.69. The standard InChI is InChI=1S/C29H46O7/c1-17(7-10-25(32)34-6)21-8-9-22-26-23(12-13-27(21,22)4)28(5)14-11-20(35-18(2)30)15-29(28,33)16-24(26)36-19(3)31/h17,20-24,26,33H,7-16H2,1-6H3/t17-,20-,21-,22+,23+,24-,26+,27-,28-,29+/m1/s1. The fraction of sp³-hybridized carbons (Fsp3) is 0.897. The third kappa shape index (κ3) is 4.58. The van der Waals surface area contributed by atoms with Crippen LogP contribution in [0.1, 0.15) is 98.8 Å². The third-order valence-electron chi connectivity index (χ3n) is 11.2. The van der Waals surface area contributed by atoms with Gasteiger partial charge >= 0.3 is 17.9 Å². The van der Waals surface area contributed by atoms with Gasteiger partial charge in [-0.15, -0.1) is 0 Å². The molecule has 0 amide bonds. The van der Waals surface area contributed by atoms with Crippen LogP contribution in [0.5, 0.6) is 0 Å². The van der Waals surface area contributed by atoms with Crippen molar-refractivity contribution in [2.24, 2.45) is 40.4 Å². The van der Waals surface area contributed by atoms with E-state index < -0.39 is 5.60 Å². The number of aliphatic hydroxyl groups is 1. The van der Waals surface area contributed by atoms with Crippen molar-refractivity contribution in [2.75, 3.05) is 7.11 Å². The van der Waals surface area contributed by atoms with Gasteiger partial charge in [-0.05, 0) is 79.4 Å². The molecule has 0 aromatic rings. The first kappa shape index (κ1) is 27.4. The van der Waals surface area contributed by atoms with Crippen LogP contribution in [0, 0.1) is 40.4 Å². The summed E-state index contributed by atoms with van der Waals surface area (Å²) in [4.78, 5) is 35.7. The molecular weight excluding hydrogens is 460 g/mol. The van der Waals surface area contributed by atoms with E-state index in [1.807, 2.05) is 0 Å². The Kier molecular flexibility index (Phi) is 7.55. The van der Waals surface area contributed by atoms with E-state index in [-0.39, 0.29) is 52.8 Å². The molecule has 4 saturated carbocycles. The molecule has 4 fully saturated rings. The number of rotatable bonds is 6. The zero-order chi connectivity index (χ0) is 26.5. The highest BCUT2D eigenvalue weighted by atomic mass is 16.5. The maximum atomic E-state index is 12.2. The van der Waals surface area contributed by atoms with E-state index in [0.717, 1.165) is 44.9 Å². The van der Waals surface area contributed by atoms with Gasteiger partial charge in [0.15, 0.2) is 0 Å². The van der Waals surface area contributed by atoms with Gasteiger partial charge in [0.05, 0.1) is 12.7 Å². The molecule has 10 atom stereocenters. The van der Waals surface area contributed by atoms with Crippen LogP contribution in [0.25, 0.3) is 0 Å². The molecule has 0 aromatic carbocycles. The summed E-state index contributed by atoms with van der Waals surface area (Å²) in [5.74, 6) is 1.04. The van der Waals surface area contributed by atoms with Gasteiger partial charge in [-0.1, -0.05) is 20.8 Å². The number of esters is 3. The summed E-state index contributed by atoms with van der Waals surface area (Å²) in [5, 5.41) is 12.1.